The summed E-state index contributed by atoms with van der Waals surface area (Å²) in [6, 6.07) is 4.36. The maximum Gasteiger partial charge on any atom is 0.237 e. The number of thiophene rings is 1. The highest BCUT2D eigenvalue weighted by Crippen LogP contribution is 2.23. The first kappa shape index (κ1) is 13.6. The maximum atomic E-state index is 12.2. The first-order valence-corrected chi connectivity index (χ1v) is 7.76. The van der Waals surface area contributed by atoms with Gasteiger partial charge in [0, 0.05) is 4.88 Å². The van der Waals surface area contributed by atoms with Gasteiger partial charge in [0.25, 0.3) is 0 Å². The van der Waals surface area contributed by atoms with Gasteiger partial charge in [0.05, 0.1) is 12.1 Å². The van der Waals surface area contributed by atoms with Gasteiger partial charge in [-0.3, -0.25) is 4.79 Å². The molecule has 1 amide bonds. The summed E-state index contributed by atoms with van der Waals surface area (Å²) in [5.74, 6) is 0.168. The van der Waals surface area contributed by atoms with E-state index in [1.807, 2.05) is 6.07 Å². The lowest BCUT2D eigenvalue weighted by Gasteiger charge is -2.25. The Hall–Kier alpha value is -0.870. The number of amides is 1. The Morgan fingerprint density at radius 1 is 1.61 bits per heavy atom. The highest BCUT2D eigenvalue weighted by Gasteiger charge is 2.23. The first-order chi connectivity index (χ1) is 8.81. The van der Waals surface area contributed by atoms with Crippen LogP contribution in [-0.4, -0.2) is 18.5 Å². The topological polar surface area (TPSA) is 41.1 Å². The summed E-state index contributed by atoms with van der Waals surface area (Å²) in [5.41, 5.74) is 0. The minimum absolute atomic E-state index is 0.0121. The molecule has 2 rings (SSSR count). The summed E-state index contributed by atoms with van der Waals surface area (Å²) in [6.45, 7) is 3.13. The summed E-state index contributed by atoms with van der Waals surface area (Å²) in [5, 5.41) is 8.57. The average molecular weight is 266 g/mol. The maximum absolute atomic E-state index is 12.2. The molecule has 1 fully saturated rings. The largest absolute Gasteiger partial charge is 0.347 e. The van der Waals surface area contributed by atoms with E-state index in [1.54, 1.807) is 11.3 Å². The van der Waals surface area contributed by atoms with Crippen molar-refractivity contribution in [2.45, 2.75) is 51.1 Å². The van der Waals surface area contributed by atoms with E-state index in [4.69, 9.17) is 0 Å². The van der Waals surface area contributed by atoms with Crippen molar-refractivity contribution in [3.63, 3.8) is 0 Å². The van der Waals surface area contributed by atoms with Crippen LogP contribution >= 0.6 is 11.3 Å². The van der Waals surface area contributed by atoms with Crippen molar-refractivity contribution in [2.75, 3.05) is 6.54 Å². The lowest BCUT2D eigenvalue weighted by atomic mass is 10.0. The quantitative estimate of drug-likeness (QED) is 0.860. The van der Waals surface area contributed by atoms with E-state index in [0.717, 1.165) is 32.2 Å². The van der Waals surface area contributed by atoms with E-state index < -0.39 is 0 Å². The van der Waals surface area contributed by atoms with Gasteiger partial charge in [-0.1, -0.05) is 25.8 Å². The zero-order valence-electron chi connectivity index (χ0n) is 10.9. The predicted octanol–water partition coefficient (Wildman–Crippen LogP) is 2.85. The summed E-state index contributed by atoms with van der Waals surface area (Å²) in [7, 11) is 0. The molecule has 2 heterocycles. The highest BCUT2D eigenvalue weighted by molar-refractivity contribution is 7.10. The second-order valence-corrected chi connectivity index (χ2v) is 5.85. The number of carbonyl (C=O) groups excluding carboxylic acids is 1. The Bertz CT molecular complexity index is 358. The minimum atomic E-state index is 0.0121. The standard InChI is InChI=1S/C14H22N2OS/c1-2-6-11(13-8-5-10-18-13)16-14(17)12-7-3-4-9-15-12/h5,8,10-12,15H,2-4,6-7,9H2,1H3,(H,16,17)/t11?,12-/m1/s1. The molecular weight excluding hydrogens is 244 g/mol. The fourth-order valence-electron chi connectivity index (χ4n) is 2.41. The molecule has 1 saturated heterocycles. The van der Waals surface area contributed by atoms with Gasteiger partial charge in [-0.2, -0.15) is 0 Å². The molecule has 1 aliphatic rings. The number of rotatable bonds is 5. The van der Waals surface area contributed by atoms with Crippen molar-refractivity contribution in [1.29, 1.82) is 0 Å². The Balaban J connectivity index is 1.93. The SMILES string of the molecule is CCCC(NC(=O)[C@H]1CCCCN1)c1cccs1. The fraction of sp³-hybridized carbons (Fsp3) is 0.643. The van der Waals surface area contributed by atoms with Crippen molar-refractivity contribution in [3.05, 3.63) is 22.4 Å². The van der Waals surface area contributed by atoms with Crippen LogP contribution in [-0.2, 0) is 4.79 Å². The van der Waals surface area contributed by atoms with Crippen molar-refractivity contribution in [2.24, 2.45) is 0 Å². The number of hydrogen-bond donors (Lipinski definition) is 2. The van der Waals surface area contributed by atoms with Gasteiger partial charge in [0.15, 0.2) is 0 Å². The van der Waals surface area contributed by atoms with Gasteiger partial charge < -0.3 is 10.6 Å². The van der Waals surface area contributed by atoms with Crippen LogP contribution in [0.2, 0.25) is 0 Å². The summed E-state index contributed by atoms with van der Waals surface area (Å²) in [4.78, 5) is 13.5. The Morgan fingerprint density at radius 2 is 2.50 bits per heavy atom. The van der Waals surface area contributed by atoms with E-state index in [2.05, 4.69) is 29.0 Å². The number of nitrogens with one attached hydrogen (secondary N) is 2. The monoisotopic (exact) mass is 266 g/mol. The van der Waals surface area contributed by atoms with Crippen molar-refractivity contribution in [3.8, 4) is 0 Å². The van der Waals surface area contributed by atoms with Gasteiger partial charge in [-0.05, 0) is 37.3 Å². The molecule has 1 aromatic rings. The lowest BCUT2D eigenvalue weighted by molar-refractivity contribution is -0.124. The van der Waals surface area contributed by atoms with Crippen LogP contribution in [0.3, 0.4) is 0 Å². The van der Waals surface area contributed by atoms with Gasteiger partial charge >= 0.3 is 0 Å². The van der Waals surface area contributed by atoms with Crippen LogP contribution in [0.1, 0.15) is 49.9 Å². The molecule has 2 atom stereocenters. The van der Waals surface area contributed by atoms with E-state index in [0.29, 0.717) is 0 Å². The third kappa shape index (κ3) is 3.56. The molecule has 1 unspecified atom stereocenters. The van der Waals surface area contributed by atoms with Gasteiger partial charge in [0.2, 0.25) is 5.91 Å². The summed E-state index contributed by atoms with van der Waals surface area (Å²) >= 11 is 1.72. The lowest BCUT2D eigenvalue weighted by Crippen LogP contribution is -2.47. The minimum Gasteiger partial charge on any atom is -0.347 e. The highest BCUT2D eigenvalue weighted by atomic mass is 32.1. The second kappa shape index (κ2) is 6.90. The van der Waals surface area contributed by atoms with E-state index in [-0.39, 0.29) is 18.0 Å². The van der Waals surface area contributed by atoms with Crippen molar-refractivity contribution < 1.29 is 4.79 Å². The number of carbonyl (C=O) groups is 1. The second-order valence-electron chi connectivity index (χ2n) is 4.87. The molecule has 1 aliphatic heterocycles. The normalized spacial score (nSPS) is 21.5. The molecule has 2 N–H and O–H groups in total. The third-order valence-electron chi connectivity index (χ3n) is 3.41. The van der Waals surface area contributed by atoms with Crippen LogP contribution in [0.4, 0.5) is 0 Å². The van der Waals surface area contributed by atoms with Crippen LogP contribution < -0.4 is 10.6 Å². The first-order valence-electron chi connectivity index (χ1n) is 6.88. The van der Waals surface area contributed by atoms with Gasteiger partial charge in [-0.15, -0.1) is 11.3 Å². The van der Waals surface area contributed by atoms with Crippen LogP contribution in [0.25, 0.3) is 0 Å². The predicted molar refractivity (Wildman–Crippen MR) is 75.8 cm³/mol. The van der Waals surface area contributed by atoms with Crippen LogP contribution in [0, 0.1) is 0 Å². The Morgan fingerprint density at radius 3 is 3.11 bits per heavy atom. The van der Waals surface area contributed by atoms with Crippen LogP contribution in [0.5, 0.6) is 0 Å². The van der Waals surface area contributed by atoms with E-state index >= 15 is 0 Å². The Labute approximate surface area is 113 Å². The summed E-state index contributed by atoms with van der Waals surface area (Å²) in [6.07, 6.45) is 5.41. The molecule has 1 aromatic heterocycles. The molecule has 0 radical (unpaired) electrons. The molecule has 100 valence electrons. The van der Waals surface area contributed by atoms with Crippen LogP contribution in [0.15, 0.2) is 17.5 Å². The molecule has 0 aliphatic carbocycles. The molecule has 0 spiro atoms. The molecule has 3 nitrogen and oxygen atoms in total. The third-order valence-corrected chi connectivity index (χ3v) is 4.39. The summed E-state index contributed by atoms with van der Waals surface area (Å²) < 4.78 is 0. The number of piperidine rings is 1. The fourth-order valence-corrected chi connectivity index (χ4v) is 3.22. The number of hydrogen-bond acceptors (Lipinski definition) is 3. The van der Waals surface area contributed by atoms with Gasteiger partial charge in [0.1, 0.15) is 0 Å². The van der Waals surface area contributed by atoms with E-state index in [1.165, 1.54) is 11.3 Å². The van der Waals surface area contributed by atoms with Crippen molar-refractivity contribution in [1.82, 2.24) is 10.6 Å². The molecule has 4 heteroatoms. The zero-order chi connectivity index (χ0) is 12.8. The molecule has 0 aromatic carbocycles. The molecule has 0 bridgehead atoms. The Kier molecular flexibility index (Phi) is 5.20. The van der Waals surface area contributed by atoms with E-state index in [9.17, 15) is 4.79 Å². The van der Waals surface area contributed by atoms with Gasteiger partial charge in [-0.25, -0.2) is 0 Å². The average Bonchev–Trinajstić information content (AvgIpc) is 2.93. The molecule has 18 heavy (non-hydrogen) atoms. The van der Waals surface area contributed by atoms with Crippen molar-refractivity contribution >= 4 is 17.2 Å². The molecule has 0 saturated carbocycles. The molecular formula is C14H22N2OS. The smallest absolute Gasteiger partial charge is 0.237 e. The zero-order valence-corrected chi connectivity index (χ0v) is 11.8.